The van der Waals surface area contributed by atoms with Gasteiger partial charge in [-0.3, -0.25) is 9.69 Å². The van der Waals surface area contributed by atoms with Gasteiger partial charge in [0.05, 0.1) is 0 Å². The van der Waals surface area contributed by atoms with Crippen LogP contribution < -0.4 is 5.32 Å². The Morgan fingerprint density at radius 3 is 2.86 bits per heavy atom. The zero-order valence-electron chi connectivity index (χ0n) is 12.4. The second kappa shape index (κ2) is 6.93. The van der Waals surface area contributed by atoms with Gasteiger partial charge < -0.3 is 5.32 Å². The fourth-order valence-corrected chi connectivity index (χ4v) is 3.65. The Morgan fingerprint density at radius 2 is 2.14 bits per heavy atom. The molecule has 2 aliphatic rings. The minimum atomic E-state index is 0.288. The van der Waals surface area contributed by atoms with Crippen LogP contribution in [0.2, 0.25) is 0 Å². The van der Waals surface area contributed by atoms with Gasteiger partial charge in [0.1, 0.15) is 0 Å². The lowest BCUT2D eigenvalue weighted by Crippen LogP contribution is -2.49. The van der Waals surface area contributed by atoms with Gasteiger partial charge in [-0.05, 0) is 49.9 Å². The van der Waals surface area contributed by atoms with Crippen LogP contribution in [0.15, 0.2) is 28.7 Å². The lowest BCUT2D eigenvalue weighted by molar-refractivity contribution is -0.128. The van der Waals surface area contributed by atoms with Gasteiger partial charge in [-0.25, -0.2) is 0 Å². The summed E-state index contributed by atoms with van der Waals surface area (Å²) in [4.78, 5) is 14.5. The molecule has 1 amide bonds. The first kappa shape index (κ1) is 15.0. The van der Waals surface area contributed by atoms with Crippen LogP contribution in [0.3, 0.4) is 0 Å². The molecule has 3 nitrogen and oxygen atoms in total. The number of hydrogen-bond donors (Lipinski definition) is 1. The summed E-state index contributed by atoms with van der Waals surface area (Å²) < 4.78 is 1.13. The van der Waals surface area contributed by atoms with Crippen LogP contribution in [0.4, 0.5) is 0 Å². The average Bonchev–Trinajstić information content (AvgIpc) is 2.36. The summed E-state index contributed by atoms with van der Waals surface area (Å²) in [6.07, 6.45) is 5.68. The van der Waals surface area contributed by atoms with Gasteiger partial charge in [0.15, 0.2) is 0 Å². The quantitative estimate of drug-likeness (QED) is 0.903. The van der Waals surface area contributed by atoms with E-state index in [1.807, 2.05) is 0 Å². The molecule has 0 bridgehead atoms. The largest absolute Gasteiger partial charge is 0.352 e. The molecule has 1 aliphatic heterocycles. The second-order valence-electron chi connectivity index (χ2n) is 6.34. The van der Waals surface area contributed by atoms with Gasteiger partial charge in [0.25, 0.3) is 0 Å². The summed E-state index contributed by atoms with van der Waals surface area (Å²) in [6, 6.07) is 8.82. The van der Waals surface area contributed by atoms with E-state index in [1.165, 1.54) is 18.4 Å². The number of carbonyl (C=O) groups is 1. The highest BCUT2D eigenvalue weighted by atomic mass is 79.9. The van der Waals surface area contributed by atoms with Crippen molar-refractivity contribution in [1.82, 2.24) is 10.2 Å². The fraction of sp³-hybridized carbons (Fsp3) is 0.588. The maximum atomic E-state index is 12.1. The molecule has 1 aromatic carbocycles. The molecule has 1 aliphatic carbocycles. The molecule has 3 rings (SSSR count). The van der Waals surface area contributed by atoms with Crippen molar-refractivity contribution in [2.24, 2.45) is 5.92 Å². The highest BCUT2D eigenvalue weighted by molar-refractivity contribution is 9.10. The third kappa shape index (κ3) is 4.07. The van der Waals surface area contributed by atoms with E-state index in [0.29, 0.717) is 12.0 Å². The number of rotatable bonds is 4. The minimum Gasteiger partial charge on any atom is -0.352 e. The summed E-state index contributed by atoms with van der Waals surface area (Å²) in [6.45, 7) is 3.07. The lowest BCUT2D eigenvalue weighted by atomic mass is 9.84. The topological polar surface area (TPSA) is 32.3 Å². The molecule has 1 N–H and O–H groups in total. The zero-order valence-corrected chi connectivity index (χ0v) is 13.9. The van der Waals surface area contributed by atoms with E-state index >= 15 is 0 Å². The Labute approximate surface area is 135 Å². The molecule has 1 saturated heterocycles. The molecular formula is C17H23BrN2O. The Bertz CT molecular complexity index is 501. The number of likely N-dealkylation sites (tertiary alicyclic amines) is 1. The number of halogens is 1. The molecule has 0 spiro atoms. The third-order valence-electron chi connectivity index (χ3n) is 4.62. The molecule has 1 saturated carbocycles. The predicted molar refractivity (Wildman–Crippen MR) is 87.9 cm³/mol. The summed E-state index contributed by atoms with van der Waals surface area (Å²) in [5, 5.41) is 3.26. The van der Waals surface area contributed by atoms with Crippen LogP contribution in [0, 0.1) is 5.92 Å². The number of benzene rings is 1. The summed E-state index contributed by atoms with van der Waals surface area (Å²) in [5.41, 5.74) is 1.33. The SMILES string of the molecule is O=C(NC1CCCN(Cc2cccc(Br)c2)C1)C1CCC1. The molecule has 0 aromatic heterocycles. The van der Waals surface area contributed by atoms with Crippen LogP contribution in [0.25, 0.3) is 0 Å². The van der Waals surface area contributed by atoms with Crippen molar-refractivity contribution in [3.05, 3.63) is 34.3 Å². The highest BCUT2D eigenvalue weighted by Crippen LogP contribution is 2.26. The van der Waals surface area contributed by atoms with E-state index in [2.05, 4.69) is 50.4 Å². The van der Waals surface area contributed by atoms with Crippen molar-refractivity contribution < 1.29 is 4.79 Å². The number of amides is 1. The van der Waals surface area contributed by atoms with Gasteiger partial charge in [-0.1, -0.05) is 34.5 Å². The van der Waals surface area contributed by atoms with Gasteiger partial charge in [0, 0.05) is 29.5 Å². The first-order valence-corrected chi connectivity index (χ1v) is 8.77. The standard InChI is InChI=1S/C17H23BrN2O/c18-15-7-1-4-13(10-15)11-20-9-3-8-16(12-20)19-17(21)14-5-2-6-14/h1,4,7,10,14,16H,2-3,5-6,8-9,11-12H2,(H,19,21). The van der Waals surface area contributed by atoms with E-state index in [-0.39, 0.29) is 5.91 Å². The molecule has 2 fully saturated rings. The van der Waals surface area contributed by atoms with E-state index in [0.717, 1.165) is 43.4 Å². The first-order chi connectivity index (χ1) is 10.2. The number of nitrogens with zero attached hydrogens (tertiary/aromatic N) is 1. The highest BCUT2D eigenvalue weighted by Gasteiger charge is 2.28. The van der Waals surface area contributed by atoms with E-state index < -0.39 is 0 Å². The Morgan fingerprint density at radius 1 is 1.29 bits per heavy atom. The molecule has 1 aromatic rings. The molecular weight excluding hydrogens is 328 g/mol. The monoisotopic (exact) mass is 350 g/mol. The number of nitrogens with one attached hydrogen (secondary N) is 1. The van der Waals surface area contributed by atoms with Crippen molar-refractivity contribution in [2.45, 2.75) is 44.7 Å². The molecule has 1 unspecified atom stereocenters. The van der Waals surface area contributed by atoms with Crippen molar-refractivity contribution >= 4 is 21.8 Å². The average molecular weight is 351 g/mol. The van der Waals surface area contributed by atoms with Crippen LogP contribution in [-0.4, -0.2) is 29.9 Å². The van der Waals surface area contributed by atoms with Crippen molar-refractivity contribution in [1.29, 1.82) is 0 Å². The van der Waals surface area contributed by atoms with Gasteiger partial charge >= 0.3 is 0 Å². The molecule has 1 heterocycles. The van der Waals surface area contributed by atoms with Crippen LogP contribution in [-0.2, 0) is 11.3 Å². The summed E-state index contributed by atoms with van der Waals surface area (Å²) >= 11 is 3.53. The van der Waals surface area contributed by atoms with Gasteiger partial charge in [-0.15, -0.1) is 0 Å². The number of hydrogen-bond acceptors (Lipinski definition) is 2. The molecule has 21 heavy (non-hydrogen) atoms. The van der Waals surface area contributed by atoms with Crippen molar-refractivity contribution in [3.8, 4) is 0 Å². The van der Waals surface area contributed by atoms with Gasteiger partial charge in [-0.2, -0.15) is 0 Å². The fourth-order valence-electron chi connectivity index (χ4n) is 3.20. The number of piperidine rings is 1. The van der Waals surface area contributed by atoms with Gasteiger partial charge in [0.2, 0.25) is 5.91 Å². The molecule has 4 heteroatoms. The Hall–Kier alpha value is -0.870. The Kier molecular flexibility index (Phi) is 4.96. The molecule has 1 atom stereocenters. The second-order valence-corrected chi connectivity index (χ2v) is 7.26. The Balaban J connectivity index is 1.51. The molecule has 114 valence electrons. The normalized spacial score (nSPS) is 23.6. The van der Waals surface area contributed by atoms with Crippen LogP contribution in [0.1, 0.15) is 37.7 Å². The van der Waals surface area contributed by atoms with E-state index in [4.69, 9.17) is 0 Å². The van der Waals surface area contributed by atoms with Crippen LogP contribution in [0.5, 0.6) is 0 Å². The van der Waals surface area contributed by atoms with Crippen molar-refractivity contribution in [3.63, 3.8) is 0 Å². The smallest absolute Gasteiger partial charge is 0.223 e. The van der Waals surface area contributed by atoms with E-state index in [1.54, 1.807) is 0 Å². The minimum absolute atomic E-state index is 0.288. The summed E-state index contributed by atoms with van der Waals surface area (Å²) in [7, 11) is 0. The maximum absolute atomic E-state index is 12.1. The molecule has 0 radical (unpaired) electrons. The summed E-state index contributed by atoms with van der Waals surface area (Å²) in [5.74, 6) is 0.584. The maximum Gasteiger partial charge on any atom is 0.223 e. The lowest BCUT2D eigenvalue weighted by Gasteiger charge is -2.35. The zero-order chi connectivity index (χ0) is 14.7. The predicted octanol–water partition coefficient (Wildman–Crippen LogP) is 3.33. The first-order valence-electron chi connectivity index (χ1n) is 7.98. The van der Waals surface area contributed by atoms with E-state index in [9.17, 15) is 4.79 Å². The number of carbonyl (C=O) groups excluding carboxylic acids is 1. The van der Waals surface area contributed by atoms with Crippen molar-refractivity contribution in [2.75, 3.05) is 13.1 Å². The van der Waals surface area contributed by atoms with Crippen LogP contribution >= 0.6 is 15.9 Å². The third-order valence-corrected chi connectivity index (χ3v) is 5.12.